The molecule has 15 rings (SSSR count). The number of para-hydroxylation sites is 7. The quantitative estimate of drug-likeness (QED) is 0.152. The number of rotatable bonds is 8. The summed E-state index contributed by atoms with van der Waals surface area (Å²) in [5, 5.41) is 7.11. The maximum atomic E-state index is 5.70. The number of hydrogen-bond donors (Lipinski definition) is 0. The van der Waals surface area contributed by atoms with Crippen LogP contribution in [-0.2, 0) is 0 Å². The summed E-state index contributed by atoms with van der Waals surface area (Å²) >= 11 is 0. The molecule has 0 bridgehead atoms. The van der Waals surface area contributed by atoms with E-state index in [1.54, 1.807) is 0 Å². The lowest BCUT2D eigenvalue weighted by Gasteiger charge is -2.20. The minimum Gasteiger partial charge on any atom is -0.309 e. The Morgan fingerprint density at radius 3 is 1.00 bits per heavy atom. The molecule has 0 radical (unpaired) electrons. The van der Waals surface area contributed by atoms with Gasteiger partial charge in [-0.3, -0.25) is 0 Å². The van der Waals surface area contributed by atoms with Crippen LogP contribution in [0.25, 0.3) is 139 Å². The Morgan fingerprint density at radius 2 is 0.533 bits per heavy atom. The van der Waals surface area contributed by atoms with Crippen molar-refractivity contribution in [2.75, 3.05) is 0 Å². The van der Waals surface area contributed by atoms with Crippen LogP contribution < -0.4 is 0 Å². The second kappa shape index (κ2) is 17.3. The first-order chi connectivity index (χ1) is 37.3. The number of benzene rings is 11. The molecule has 0 aliphatic carbocycles. The fraction of sp³-hybridized carbons (Fsp3) is 0. The van der Waals surface area contributed by atoms with Gasteiger partial charge in [0.25, 0.3) is 0 Å². The molecule has 0 amide bonds. The van der Waals surface area contributed by atoms with E-state index in [2.05, 4.69) is 262 Å². The number of hydrogen-bond acceptors (Lipinski definition) is 3. The molecule has 0 spiro atoms. The molecule has 0 saturated heterocycles. The van der Waals surface area contributed by atoms with Crippen LogP contribution in [0.4, 0.5) is 0 Å². The predicted octanol–water partition coefficient (Wildman–Crippen LogP) is 17.5. The van der Waals surface area contributed by atoms with E-state index < -0.39 is 0 Å². The van der Waals surface area contributed by atoms with Gasteiger partial charge in [-0.15, -0.1) is 0 Å². The summed E-state index contributed by atoms with van der Waals surface area (Å²) < 4.78 is 7.30. The molecule has 4 heterocycles. The van der Waals surface area contributed by atoms with E-state index in [1.807, 2.05) is 18.2 Å². The van der Waals surface area contributed by atoms with Gasteiger partial charge in [0.05, 0.1) is 50.2 Å². The molecule has 350 valence electrons. The Hall–Kier alpha value is -10.2. The molecule has 0 atom stereocenters. The standard InChI is InChI=1S/C69H44N6/c1-4-23-45(24-5-1)48-34-20-36-55(65(48)74-59-40-17-12-31-52(59)53-32-13-18-41-60(53)74)68-70-67(47-27-8-3-9-28-47)71-69(72-68)56-37-21-35-49(46-25-6-2-7-26-46)66(56)75-61-42-19-14-33-54(61)64-62(43-22-44-63(64)75)73-57-38-15-10-29-50(57)51-30-11-16-39-58(51)73/h1-44H. The molecule has 75 heavy (non-hydrogen) atoms. The van der Waals surface area contributed by atoms with Crippen LogP contribution in [-0.4, -0.2) is 28.7 Å². The molecular weight excluding hydrogens is 913 g/mol. The van der Waals surface area contributed by atoms with Crippen molar-refractivity contribution in [1.82, 2.24) is 28.7 Å². The first-order valence-electron chi connectivity index (χ1n) is 25.5. The lowest BCUT2D eigenvalue weighted by atomic mass is 9.98. The van der Waals surface area contributed by atoms with Gasteiger partial charge in [0.15, 0.2) is 17.5 Å². The van der Waals surface area contributed by atoms with Crippen LogP contribution in [0.1, 0.15) is 0 Å². The Morgan fingerprint density at radius 1 is 0.213 bits per heavy atom. The minimum atomic E-state index is 0.564. The third-order valence-electron chi connectivity index (χ3n) is 14.9. The highest BCUT2D eigenvalue weighted by Crippen LogP contribution is 2.46. The van der Waals surface area contributed by atoms with Gasteiger partial charge in [0.2, 0.25) is 0 Å². The van der Waals surface area contributed by atoms with Crippen LogP contribution >= 0.6 is 0 Å². The highest BCUT2D eigenvalue weighted by molar-refractivity contribution is 6.17. The highest BCUT2D eigenvalue weighted by atomic mass is 15.1. The molecule has 0 unspecified atom stereocenters. The zero-order chi connectivity index (χ0) is 49.4. The van der Waals surface area contributed by atoms with Crippen molar-refractivity contribution in [1.29, 1.82) is 0 Å². The van der Waals surface area contributed by atoms with E-state index in [0.717, 1.165) is 99.9 Å². The van der Waals surface area contributed by atoms with Gasteiger partial charge in [-0.2, -0.15) is 0 Å². The van der Waals surface area contributed by atoms with E-state index >= 15 is 0 Å². The van der Waals surface area contributed by atoms with E-state index in [-0.39, 0.29) is 0 Å². The average molecular weight is 957 g/mol. The second-order valence-electron chi connectivity index (χ2n) is 19.1. The summed E-state index contributed by atoms with van der Waals surface area (Å²) in [4.78, 5) is 16.7. The zero-order valence-electron chi connectivity index (χ0n) is 40.6. The van der Waals surface area contributed by atoms with Crippen molar-refractivity contribution in [2.24, 2.45) is 0 Å². The summed E-state index contributed by atoms with van der Waals surface area (Å²) in [6.45, 7) is 0. The summed E-state index contributed by atoms with van der Waals surface area (Å²) in [7, 11) is 0. The third-order valence-corrected chi connectivity index (χ3v) is 14.9. The molecular formula is C69H44N6. The normalized spacial score (nSPS) is 11.7. The van der Waals surface area contributed by atoms with E-state index in [1.165, 1.54) is 21.5 Å². The molecule has 0 fully saturated rings. The molecule has 0 saturated carbocycles. The molecule has 6 heteroatoms. The average Bonchev–Trinajstić information content (AvgIpc) is 4.15. The van der Waals surface area contributed by atoms with Gasteiger partial charge >= 0.3 is 0 Å². The van der Waals surface area contributed by atoms with Crippen molar-refractivity contribution in [3.05, 3.63) is 267 Å². The van der Waals surface area contributed by atoms with E-state index in [9.17, 15) is 0 Å². The Labute approximate surface area is 432 Å². The van der Waals surface area contributed by atoms with Gasteiger partial charge in [-0.05, 0) is 65.7 Å². The van der Waals surface area contributed by atoms with Crippen molar-refractivity contribution < 1.29 is 0 Å². The van der Waals surface area contributed by atoms with E-state index in [4.69, 9.17) is 15.0 Å². The van der Waals surface area contributed by atoms with Crippen molar-refractivity contribution >= 4 is 65.4 Å². The van der Waals surface area contributed by atoms with E-state index in [0.29, 0.717) is 17.5 Å². The Balaban J connectivity index is 1.05. The molecule has 0 N–H and O–H groups in total. The smallest absolute Gasteiger partial charge is 0.166 e. The van der Waals surface area contributed by atoms with Gasteiger partial charge in [0.1, 0.15) is 0 Å². The first kappa shape index (κ1) is 42.5. The summed E-state index contributed by atoms with van der Waals surface area (Å²) in [5.41, 5.74) is 16.7. The number of fused-ring (bicyclic) bond motifs is 9. The molecule has 4 aromatic heterocycles. The first-order valence-corrected chi connectivity index (χ1v) is 25.5. The van der Waals surface area contributed by atoms with Crippen molar-refractivity contribution in [2.45, 2.75) is 0 Å². The van der Waals surface area contributed by atoms with Crippen LogP contribution in [0, 0.1) is 0 Å². The molecule has 0 aliphatic heterocycles. The highest BCUT2D eigenvalue weighted by Gasteiger charge is 2.27. The van der Waals surface area contributed by atoms with Crippen LogP contribution in [0.15, 0.2) is 267 Å². The lowest BCUT2D eigenvalue weighted by Crippen LogP contribution is -2.07. The van der Waals surface area contributed by atoms with Crippen LogP contribution in [0.2, 0.25) is 0 Å². The fourth-order valence-corrected chi connectivity index (χ4v) is 11.7. The number of aromatic nitrogens is 6. The monoisotopic (exact) mass is 956 g/mol. The van der Waals surface area contributed by atoms with Crippen molar-refractivity contribution in [3.8, 4) is 73.5 Å². The topological polar surface area (TPSA) is 53.5 Å². The predicted molar refractivity (Wildman–Crippen MR) is 310 cm³/mol. The van der Waals surface area contributed by atoms with Crippen LogP contribution in [0.5, 0.6) is 0 Å². The maximum absolute atomic E-state index is 5.70. The summed E-state index contributed by atoms with van der Waals surface area (Å²) in [6, 6.07) is 95.1. The lowest BCUT2D eigenvalue weighted by molar-refractivity contribution is 1.06. The summed E-state index contributed by atoms with van der Waals surface area (Å²) in [6.07, 6.45) is 0. The molecule has 0 aliphatic rings. The molecule has 6 nitrogen and oxygen atoms in total. The Bertz CT molecular complexity index is 4590. The minimum absolute atomic E-state index is 0.564. The number of nitrogens with zero attached hydrogens (tertiary/aromatic N) is 6. The Kier molecular flexibility index (Phi) is 9.78. The SMILES string of the molecule is c1ccc(-c2nc(-c3cccc(-c4ccccc4)c3-n3c4ccccc4c4ccccc43)nc(-c3cccc(-c4ccccc4)c3-n3c4ccccc4c4c(-n5c6ccccc6c6ccccc65)cccc43)n2)cc1. The summed E-state index contributed by atoms with van der Waals surface area (Å²) in [5.74, 6) is 1.72. The van der Waals surface area contributed by atoms with Gasteiger partial charge in [-0.1, -0.05) is 212 Å². The van der Waals surface area contributed by atoms with Gasteiger partial charge in [0, 0.05) is 60.1 Å². The third kappa shape index (κ3) is 6.70. The molecule has 15 aromatic rings. The largest absolute Gasteiger partial charge is 0.309 e. The second-order valence-corrected chi connectivity index (χ2v) is 19.1. The van der Waals surface area contributed by atoms with Crippen molar-refractivity contribution in [3.63, 3.8) is 0 Å². The van der Waals surface area contributed by atoms with Gasteiger partial charge in [-0.25, -0.2) is 15.0 Å². The zero-order valence-corrected chi connectivity index (χ0v) is 40.6. The maximum Gasteiger partial charge on any atom is 0.166 e. The fourth-order valence-electron chi connectivity index (χ4n) is 11.7. The molecule has 11 aromatic carbocycles. The van der Waals surface area contributed by atoms with Gasteiger partial charge < -0.3 is 13.7 Å². The van der Waals surface area contributed by atoms with Crippen LogP contribution in [0.3, 0.4) is 0 Å².